The molecule has 0 radical (unpaired) electrons. The summed E-state index contributed by atoms with van der Waals surface area (Å²) in [6.07, 6.45) is 0.459. The molecular formula is C13H20N2O2. The van der Waals surface area contributed by atoms with Gasteiger partial charge in [0.2, 0.25) is 5.91 Å². The zero-order valence-corrected chi connectivity index (χ0v) is 10.4. The van der Waals surface area contributed by atoms with Crippen LogP contribution in [-0.2, 0) is 11.3 Å². The number of benzene rings is 1. The van der Waals surface area contributed by atoms with E-state index >= 15 is 0 Å². The molecule has 1 rings (SSSR count). The van der Waals surface area contributed by atoms with Gasteiger partial charge in [-0.3, -0.25) is 4.79 Å². The van der Waals surface area contributed by atoms with Crippen molar-refractivity contribution < 1.29 is 9.90 Å². The molecule has 0 unspecified atom stereocenters. The second-order valence-corrected chi connectivity index (χ2v) is 4.78. The van der Waals surface area contributed by atoms with E-state index in [1.165, 1.54) is 0 Å². The molecular weight excluding hydrogens is 216 g/mol. The van der Waals surface area contributed by atoms with Gasteiger partial charge in [0.1, 0.15) is 0 Å². The van der Waals surface area contributed by atoms with Crippen LogP contribution in [0.15, 0.2) is 24.3 Å². The number of amides is 1. The Hall–Kier alpha value is -1.55. The molecule has 1 amide bonds. The van der Waals surface area contributed by atoms with Crippen LogP contribution in [0.5, 0.6) is 0 Å². The highest BCUT2D eigenvalue weighted by atomic mass is 16.3. The number of carbonyl (C=O) groups excluding carboxylic acids is 1. The van der Waals surface area contributed by atoms with Crippen molar-refractivity contribution in [3.05, 3.63) is 29.8 Å². The van der Waals surface area contributed by atoms with Crippen molar-refractivity contribution >= 4 is 11.6 Å². The van der Waals surface area contributed by atoms with Gasteiger partial charge in [0.15, 0.2) is 0 Å². The van der Waals surface area contributed by atoms with Gasteiger partial charge in [-0.2, -0.15) is 0 Å². The zero-order chi connectivity index (χ0) is 12.9. The van der Waals surface area contributed by atoms with Gasteiger partial charge >= 0.3 is 0 Å². The number of hydrogen-bond acceptors (Lipinski definition) is 3. The van der Waals surface area contributed by atoms with Gasteiger partial charge in [0.25, 0.3) is 0 Å². The summed E-state index contributed by atoms with van der Waals surface area (Å²) in [6, 6.07) is 7.38. The molecule has 4 nitrogen and oxygen atoms in total. The van der Waals surface area contributed by atoms with Crippen LogP contribution in [0, 0.1) is 5.41 Å². The second-order valence-electron chi connectivity index (χ2n) is 4.78. The first-order valence-electron chi connectivity index (χ1n) is 5.69. The Labute approximate surface area is 102 Å². The van der Waals surface area contributed by atoms with Gasteiger partial charge in [0.05, 0.1) is 0 Å². The van der Waals surface area contributed by atoms with Crippen LogP contribution >= 0.6 is 0 Å². The molecule has 4 N–H and O–H groups in total. The van der Waals surface area contributed by atoms with Crippen LogP contribution in [0.1, 0.15) is 25.8 Å². The Kier molecular flexibility index (Phi) is 4.52. The molecule has 0 saturated heterocycles. The summed E-state index contributed by atoms with van der Waals surface area (Å²) in [5, 5.41) is 11.7. The number of nitrogen functional groups attached to an aromatic ring is 1. The Morgan fingerprint density at radius 2 is 1.94 bits per heavy atom. The van der Waals surface area contributed by atoms with Crippen molar-refractivity contribution in [2.45, 2.75) is 26.8 Å². The normalized spacial score (nSPS) is 11.2. The Morgan fingerprint density at radius 3 is 2.47 bits per heavy atom. The summed E-state index contributed by atoms with van der Waals surface area (Å²) >= 11 is 0. The molecule has 0 aliphatic heterocycles. The fourth-order valence-electron chi connectivity index (χ4n) is 1.45. The molecule has 0 saturated carbocycles. The molecule has 17 heavy (non-hydrogen) atoms. The van der Waals surface area contributed by atoms with E-state index in [-0.39, 0.29) is 12.5 Å². The number of rotatable bonds is 5. The molecule has 1 aromatic carbocycles. The number of aliphatic hydroxyl groups excluding tert-OH is 1. The lowest BCUT2D eigenvalue weighted by Gasteiger charge is -2.22. The second kappa shape index (κ2) is 5.68. The highest BCUT2D eigenvalue weighted by Gasteiger charge is 2.26. The molecule has 0 spiro atoms. The summed E-state index contributed by atoms with van der Waals surface area (Å²) in [5.41, 5.74) is 6.75. The number of anilines is 1. The summed E-state index contributed by atoms with van der Waals surface area (Å²) < 4.78 is 0. The highest BCUT2D eigenvalue weighted by molar-refractivity contribution is 5.81. The van der Waals surface area contributed by atoms with E-state index in [1.54, 1.807) is 12.1 Å². The van der Waals surface area contributed by atoms with Gasteiger partial charge in [-0.05, 0) is 24.1 Å². The number of aliphatic hydroxyl groups is 1. The fraction of sp³-hybridized carbons (Fsp3) is 0.462. The molecule has 0 fully saturated rings. The maximum atomic E-state index is 11.8. The van der Waals surface area contributed by atoms with Gasteiger partial charge in [0, 0.05) is 24.3 Å². The van der Waals surface area contributed by atoms with Crippen LogP contribution in [0.4, 0.5) is 5.69 Å². The van der Waals surface area contributed by atoms with Crippen molar-refractivity contribution in [2.24, 2.45) is 5.41 Å². The Morgan fingerprint density at radius 1 is 1.35 bits per heavy atom. The third-order valence-electron chi connectivity index (χ3n) is 2.78. The zero-order valence-electron chi connectivity index (χ0n) is 10.4. The number of carbonyl (C=O) groups is 1. The minimum Gasteiger partial charge on any atom is -0.399 e. The minimum atomic E-state index is -0.539. The van der Waals surface area contributed by atoms with Gasteiger partial charge < -0.3 is 16.2 Å². The molecule has 0 aliphatic rings. The van der Waals surface area contributed by atoms with E-state index in [1.807, 2.05) is 26.0 Å². The van der Waals surface area contributed by atoms with E-state index in [0.29, 0.717) is 18.7 Å². The highest BCUT2D eigenvalue weighted by Crippen LogP contribution is 2.19. The molecule has 4 heteroatoms. The monoisotopic (exact) mass is 236 g/mol. The largest absolute Gasteiger partial charge is 0.399 e. The maximum absolute atomic E-state index is 11.8. The van der Waals surface area contributed by atoms with Crippen LogP contribution in [-0.4, -0.2) is 17.6 Å². The molecule has 0 heterocycles. The standard InChI is InChI=1S/C13H20N2O2/c1-13(2,7-8-16)12(17)15-9-10-3-5-11(14)6-4-10/h3-6,16H,7-9,14H2,1-2H3,(H,15,17). The van der Waals surface area contributed by atoms with Crippen molar-refractivity contribution in [1.29, 1.82) is 0 Å². The topological polar surface area (TPSA) is 75.3 Å². The summed E-state index contributed by atoms with van der Waals surface area (Å²) in [5.74, 6) is -0.0524. The summed E-state index contributed by atoms with van der Waals surface area (Å²) in [6.45, 7) is 4.14. The molecule has 0 bridgehead atoms. The average Bonchev–Trinajstić information content (AvgIpc) is 2.27. The fourth-order valence-corrected chi connectivity index (χ4v) is 1.45. The lowest BCUT2D eigenvalue weighted by molar-refractivity contribution is -0.130. The predicted molar refractivity (Wildman–Crippen MR) is 68.2 cm³/mol. The first-order chi connectivity index (χ1) is 7.95. The van der Waals surface area contributed by atoms with E-state index in [2.05, 4.69) is 5.32 Å². The molecule has 0 aromatic heterocycles. The number of nitrogens with one attached hydrogen (secondary N) is 1. The van der Waals surface area contributed by atoms with E-state index in [0.717, 1.165) is 5.56 Å². The van der Waals surface area contributed by atoms with Crippen molar-refractivity contribution in [3.63, 3.8) is 0 Å². The summed E-state index contributed by atoms with van der Waals surface area (Å²) in [4.78, 5) is 11.8. The number of nitrogens with two attached hydrogens (primary N) is 1. The number of hydrogen-bond donors (Lipinski definition) is 3. The molecule has 94 valence electrons. The molecule has 0 aliphatic carbocycles. The predicted octanol–water partition coefficient (Wildman–Crippen LogP) is 1.29. The van der Waals surface area contributed by atoms with Crippen LogP contribution in [0.3, 0.4) is 0 Å². The molecule has 1 aromatic rings. The third-order valence-corrected chi connectivity index (χ3v) is 2.78. The van der Waals surface area contributed by atoms with Gasteiger partial charge in [-0.15, -0.1) is 0 Å². The van der Waals surface area contributed by atoms with E-state index in [9.17, 15) is 4.79 Å². The lowest BCUT2D eigenvalue weighted by Crippen LogP contribution is -2.37. The third kappa shape index (κ3) is 4.07. The summed E-state index contributed by atoms with van der Waals surface area (Å²) in [7, 11) is 0. The van der Waals surface area contributed by atoms with E-state index < -0.39 is 5.41 Å². The lowest BCUT2D eigenvalue weighted by atomic mass is 9.88. The minimum absolute atomic E-state index is 0.0162. The van der Waals surface area contributed by atoms with Gasteiger partial charge in [-0.1, -0.05) is 26.0 Å². The first-order valence-corrected chi connectivity index (χ1v) is 5.69. The quantitative estimate of drug-likeness (QED) is 0.674. The van der Waals surface area contributed by atoms with Crippen LogP contribution < -0.4 is 11.1 Å². The Bertz CT molecular complexity index is 372. The van der Waals surface area contributed by atoms with Crippen molar-refractivity contribution in [1.82, 2.24) is 5.32 Å². The maximum Gasteiger partial charge on any atom is 0.226 e. The Balaban J connectivity index is 2.50. The van der Waals surface area contributed by atoms with E-state index in [4.69, 9.17) is 10.8 Å². The van der Waals surface area contributed by atoms with Crippen LogP contribution in [0.25, 0.3) is 0 Å². The van der Waals surface area contributed by atoms with Crippen molar-refractivity contribution in [3.8, 4) is 0 Å². The first kappa shape index (κ1) is 13.5. The average molecular weight is 236 g/mol. The van der Waals surface area contributed by atoms with Crippen molar-refractivity contribution in [2.75, 3.05) is 12.3 Å². The van der Waals surface area contributed by atoms with Crippen LogP contribution in [0.2, 0.25) is 0 Å². The molecule has 0 atom stereocenters. The SMILES string of the molecule is CC(C)(CCO)C(=O)NCc1ccc(N)cc1. The smallest absolute Gasteiger partial charge is 0.226 e. The van der Waals surface area contributed by atoms with Gasteiger partial charge in [-0.25, -0.2) is 0 Å².